The summed E-state index contributed by atoms with van der Waals surface area (Å²) in [5, 5.41) is 4.56. The van der Waals surface area contributed by atoms with Gasteiger partial charge in [0.1, 0.15) is 0 Å². The first kappa shape index (κ1) is 13.9. The molecule has 0 amide bonds. The third-order valence-electron chi connectivity index (χ3n) is 4.05. The first-order valence-electron chi connectivity index (χ1n) is 6.93. The molecule has 0 bridgehead atoms. The molecule has 1 saturated carbocycles. The topological polar surface area (TPSA) is 38.0 Å². The molecule has 1 aromatic carbocycles. The molecule has 0 aromatic heterocycles. The summed E-state index contributed by atoms with van der Waals surface area (Å²) < 4.78 is 0. The predicted octanol–water partition coefficient (Wildman–Crippen LogP) is 3.51. The van der Waals surface area contributed by atoms with Crippen molar-refractivity contribution in [1.29, 1.82) is 0 Å². The molecule has 18 heavy (non-hydrogen) atoms. The van der Waals surface area contributed by atoms with Gasteiger partial charge in [-0.1, -0.05) is 42.6 Å². The van der Waals surface area contributed by atoms with Gasteiger partial charge in [-0.25, -0.2) is 0 Å². The van der Waals surface area contributed by atoms with Gasteiger partial charge in [0, 0.05) is 17.1 Å². The summed E-state index contributed by atoms with van der Waals surface area (Å²) in [6.45, 7) is 2.97. The predicted molar refractivity (Wildman–Crippen MR) is 77.8 cm³/mol. The number of nitrogens with one attached hydrogen (secondary N) is 1. The molecule has 0 aliphatic heterocycles. The van der Waals surface area contributed by atoms with Crippen LogP contribution >= 0.6 is 11.6 Å². The number of rotatable bonds is 4. The summed E-state index contributed by atoms with van der Waals surface area (Å²) >= 11 is 6.24. The van der Waals surface area contributed by atoms with Gasteiger partial charge in [0.15, 0.2) is 0 Å². The second-order valence-corrected chi connectivity index (χ2v) is 5.70. The summed E-state index contributed by atoms with van der Waals surface area (Å²) in [5.41, 5.74) is 7.05. The zero-order valence-corrected chi connectivity index (χ0v) is 11.8. The average molecular weight is 267 g/mol. The van der Waals surface area contributed by atoms with Crippen LogP contribution in [-0.2, 0) is 0 Å². The molecule has 3 heteroatoms. The SMILES string of the molecule is C[C@H](NC1CCCCC1CN)c1ccccc1Cl. The van der Waals surface area contributed by atoms with Crippen LogP contribution in [0.1, 0.15) is 44.2 Å². The van der Waals surface area contributed by atoms with E-state index in [2.05, 4.69) is 18.3 Å². The maximum Gasteiger partial charge on any atom is 0.0453 e. The van der Waals surface area contributed by atoms with Crippen LogP contribution in [0.2, 0.25) is 5.02 Å². The minimum atomic E-state index is 0.288. The lowest BCUT2D eigenvalue weighted by Crippen LogP contribution is -2.42. The van der Waals surface area contributed by atoms with Crippen molar-refractivity contribution < 1.29 is 0 Å². The summed E-state index contributed by atoms with van der Waals surface area (Å²) in [7, 11) is 0. The van der Waals surface area contributed by atoms with E-state index in [1.54, 1.807) is 0 Å². The molecule has 3 N–H and O–H groups in total. The van der Waals surface area contributed by atoms with Gasteiger partial charge in [-0.3, -0.25) is 0 Å². The summed E-state index contributed by atoms with van der Waals surface area (Å²) in [5.74, 6) is 0.615. The van der Waals surface area contributed by atoms with E-state index < -0.39 is 0 Å². The molecule has 2 nitrogen and oxygen atoms in total. The molecule has 1 aromatic rings. The molecule has 100 valence electrons. The van der Waals surface area contributed by atoms with Crippen LogP contribution in [0.3, 0.4) is 0 Å². The molecular formula is C15H23ClN2. The first-order chi connectivity index (χ1) is 8.72. The number of nitrogens with two attached hydrogens (primary N) is 1. The normalized spacial score (nSPS) is 25.9. The summed E-state index contributed by atoms with van der Waals surface area (Å²) in [6.07, 6.45) is 5.12. The molecule has 1 aliphatic carbocycles. The fraction of sp³-hybridized carbons (Fsp3) is 0.600. The van der Waals surface area contributed by atoms with Crippen LogP contribution in [0.25, 0.3) is 0 Å². The second-order valence-electron chi connectivity index (χ2n) is 5.30. The Balaban J connectivity index is 2.02. The van der Waals surface area contributed by atoms with Gasteiger partial charge in [-0.05, 0) is 43.9 Å². The maximum atomic E-state index is 6.24. The van der Waals surface area contributed by atoms with E-state index in [-0.39, 0.29) is 6.04 Å². The highest BCUT2D eigenvalue weighted by Gasteiger charge is 2.25. The number of halogens is 1. The van der Waals surface area contributed by atoms with Crippen molar-refractivity contribution in [2.75, 3.05) is 6.54 Å². The molecule has 2 unspecified atom stereocenters. The Morgan fingerprint density at radius 2 is 2.06 bits per heavy atom. The maximum absolute atomic E-state index is 6.24. The van der Waals surface area contributed by atoms with Crippen LogP contribution in [-0.4, -0.2) is 12.6 Å². The van der Waals surface area contributed by atoms with Crippen LogP contribution < -0.4 is 11.1 Å². The Bertz CT molecular complexity index is 381. The van der Waals surface area contributed by atoms with Gasteiger partial charge in [0.05, 0.1) is 0 Å². The van der Waals surface area contributed by atoms with Crippen molar-refractivity contribution in [3.8, 4) is 0 Å². The van der Waals surface area contributed by atoms with Gasteiger partial charge in [0.2, 0.25) is 0 Å². The quantitative estimate of drug-likeness (QED) is 0.875. The van der Waals surface area contributed by atoms with Gasteiger partial charge < -0.3 is 11.1 Å². The third-order valence-corrected chi connectivity index (χ3v) is 4.39. The monoisotopic (exact) mass is 266 g/mol. The van der Waals surface area contributed by atoms with Gasteiger partial charge in [0.25, 0.3) is 0 Å². The fourth-order valence-corrected chi connectivity index (χ4v) is 3.25. The van der Waals surface area contributed by atoms with Crippen molar-refractivity contribution in [2.45, 2.75) is 44.7 Å². The molecule has 1 aliphatic rings. The van der Waals surface area contributed by atoms with E-state index >= 15 is 0 Å². The first-order valence-corrected chi connectivity index (χ1v) is 7.30. The number of hydrogen-bond donors (Lipinski definition) is 2. The zero-order chi connectivity index (χ0) is 13.0. The average Bonchev–Trinajstić information content (AvgIpc) is 2.39. The van der Waals surface area contributed by atoms with Crippen LogP contribution in [0, 0.1) is 5.92 Å². The van der Waals surface area contributed by atoms with Crippen molar-refractivity contribution in [2.24, 2.45) is 11.7 Å². The van der Waals surface area contributed by atoms with Gasteiger partial charge in [-0.15, -0.1) is 0 Å². The van der Waals surface area contributed by atoms with Crippen molar-refractivity contribution in [3.63, 3.8) is 0 Å². The minimum Gasteiger partial charge on any atom is -0.330 e. The van der Waals surface area contributed by atoms with Crippen LogP contribution in [0.15, 0.2) is 24.3 Å². The Kier molecular flexibility index (Phi) is 5.04. The van der Waals surface area contributed by atoms with E-state index in [0.29, 0.717) is 12.0 Å². The Morgan fingerprint density at radius 1 is 1.33 bits per heavy atom. The van der Waals surface area contributed by atoms with E-state index in [0.717, 1.165) is 11.6 Å². The largest absolute Gasteiger partial charge is 0.330 e. The van der Waals surface area contributed by atoms with Gasteiger partial charge >= 0.3 is 0 Å². The van der Waals surface area contributed by atoms with Gasteiger partial charge in [-0.2, -0.15) is 0 Å². The molecule has 2 rings (SSSR count). The highest BCUT2D eigenvalue weighted by atomic mass is 35.5. The van der Waals surface area contributed by atoms with Crippen LogP contribution in [0.5, 0.6) is 0 Å². The third kappa shape index (κ3) is 3.25. The molecule has 3 atom stereocenters. The standard InChI is InChI=1S/C15H23ClN2/c1-11(13-7-3-4-8-14(13)16)18-15-9-5-2-6-12(15)10-17/h3-4,7-8,11-12,15,18H,2,5-6,9-10,17H2,1H3/t11-,12?,15?/m0/s1. The number of hydrogen-bond acceptors (Lipinski definition) is 2. The van der Waals surface area contributed by atoms with E-state index in [4.69, 9.17) is 17.3 Å². The van der Waals surface area contributed by atoms with Crippen molar-refractivity contribution in [1.82, 2.24) is 5.32 Å². The number of benzene rings is 1. The minimum absolute atomic E-state index is 0.288. The molecular weight excluding hydrogens is 244 g/mol. The zero-order valence-electron chi connectivity index (χ0n) is 11.0. The molecule has 0 radical (unpaired) electrons. The van der Waals surface area contributed by atoms with Crippen molar-refractivity contribution in [3.05, 3.63) is 34.9 Å². The van der Waals surface area contributed by atoms with E-state index in [9.17, 15) is 0 Å². The highest BCUT2D eigenvalue weighted by Crippen LogP contribution is 2.28. The lowest BCUT2D eigenvalue weighted by molar-refractivity contribution is 0.252. The molecule has 0 heterocycles. The van der Waals surface area contributed by atoms with Crippen molar-refractivity contribution >= 4 is 11.6 Å². The van der Waals surface area contributed by atoms with E-state index in [1.807, 2.05) is 18.2 Å². The Morgan fingerprint density at radius 3 is 2.78 bits per heavy atom. The molecule has 0 saturated heterocycles. The summed E-state index contributed by atoms with van der Waals surface area (Å²) in [4.78, 5) is 0. The lowest BCUT2D eigenvalue weighted by Gasteiger charge is -2.34. The lowest BCUT2D eigenvalue weighted by atomic mass is 9.84. The summed E-state index contributed by atoms with van der Waals surface area (Å²) in [6, 6.07) is 8.89. The second kappa shape index (κ2) is 6.55. The smallest absolute Gasteiger partial charge is 0.0453 e. The molecule has 1 fully saturated rings. The Labute approximate surface area is 115 Å². The van der Waals surface area contributed by atoms with Crippen LogP contribution in [0.4, 0.5) is 0 Å². The fourth-order valence-electron chi connectivity index (χ4n) is 2.95. The van der Waals surface area contributed by atoms with E-state index in [1.165, 1.54) is 31.2 Å². The highest BCUT2D eigenvalue weighted by molar-refractivity contribution is 6.31. The molecule has 0 spiro atoms. The Hall–Kier alpha value is -0.570.